The Kier molecular flexibility index (Phi) is 27.7. The second-order valence-corrected chi connectivity index (χ2v) is 27.3. The van der Waals surface area contributed by atoms with Crippen LogP contribution in [0.25, 0.3) is 11.2 Å². The summed E-state index contributed by atoms with van der Waals surface area (Å²) in [5.74, 6) is 0.317. The highest BCUT2D eigenvalue weighted by molar-refractivity contribution is 8.07. The van der Waals surface area contributed by atoms with Crippen LogP contribution >= 0.6 is 21.3 Å². The van der Waals surface area contributed by atoms with E-state index in [2.05, 4.69) is 34.4 Å². The zero-order valence-corrected chi connectivity index (χ0v) is 56.3. The molecule has 7 unspecified atom stereocenters. The molecule has 516 valence electrons. The summed E-state index contributed by atoms with van der Waals surface area (Å²) in [6.45, 7) is -0.908. The number of rotatable bonds is 23. The number of nitrogen functional groups attached to an aromatic ring is 4. The van der Waals surface area contributed by atoms with Crippen molar-refractivity contribution in [3.63, 3.8) is 0 Å². The summed E-state index contributed by atoms with van der Waals surface area (Å²) in [5, 5.41) is 0. The van der Waals surface area contributed by atoms with Crippen molar-refractivity contribution in [2.75, 3.05) is 93.5 Å². The Morgan fingerprint density at radius 1 is 0.511 bits per heavy atom. The van der Waals surface area contributed by atoms with Gasteiger partial charge < -0.3 is 94.0 Å². The third-order valence-electron chi connectivity index (χ3n) is 14.6. The van der Waals surface area contributed by atoms with Gasteiger partial charge in [-0.1, -0.05) is 20.8 Å². The van der Waals surface area contributed by atoms with Gasteiger partial charge in [-0.15, -0.1) is 0 Å². The van der Waals surface area contributed by atoms with Gasteiger partial charge in [0, 0.05) is 82.6 Å². The van der Waals surface area contributed by atoms with E-state index in [4.69, 9.17) is 117 Å². The van der Waals surface area contributed by atoms with Gasteiger partial charge in [0.15, 0.2) is 36.1 Å². The van der Waals surface area contributed by atoms with Crippen LogP contribution in [0.2, 0.25) is 0 Å². The summed E-state index contributed by atoms with van der Waals surface area (Å²) in [4.78, 5) is 99.1. The van der Waals surface area contributed by atoms with E-state index in [0.717, 1.165) is 7.11 Å². The molecule has 4 fully saturated rings. The number of methoxy groups -OCH3 is 6. The number of fused-ring (bicyclic) bond motifs is 1. The van der Waals surface area contributed by atoms with E-state index in [1.165, 1.54) is 99.5 Å². The maximum absolute atomic E-state index is 12.0. The van der Waals surface area contributed by atoms with Crippen molar-refractivity contribution in [2.24, 2.45) is 0 Å². The van der Waals surface area contributed by atoms with Crippen LogP contribution in [0.1, 0.15) is 64.9 Å². The molecule has 0 spiro atoms. The number of ether oxygens (including phenoxy) is 10. The molecule has 0 bridgehead atoms. The second-order valence-electron chi connectivity index (χ2n) is 20.0. The summed E-state index contributed by atoms with van der Waals surface area (Å²) in [6, 6.07) is 4.46. The van der Waals surface area contributed by atoms with Gasteiger partial charge in [-0.3, -0.25) is 46.1 Å². The maximum atomic E-state index is 12.0. The molecule has 9 rings (SSSR count). The topological polar surface area (TPSA) is 498 Å². The minimum absolute atomic E-state index is 0.0405. The number of aromatic amines is 1. The van der Waals surface area contributed by atoms with Crippen LogP contribution in [0.3, 0.4) is 0 Å². The third kappa shape index (κ3) is 18.1. The van der Waals surface area contributed by atoms with E-state index in [0.29, 0.717) is 25.9 Å². The molecule has 38 nitrogen and oxygen atoms in total. The fraction of sp³-hybridized carbons (Fsp3) is 0.653. The molecule has 9 heterocycles. The van der Waals surface area contributed by atoms with Gasteiger partial charge in [-0.05, 0) is 61.1 Å². The number of hydrogen-bond donors (Lipinski definition) is 8. The van der Waals surface area contributed by atoms with Crippen molar-refractivity contribution in [1.82, 2.24) is 48.2 Å². The fourth-order valence-electron chi connectivity index (χ4n) is 10.3. The molecule has 0 radical (unpaired) electrons. The first-order valence-corrected chi connectivity index (χ1v) is 34.5. The van der Waals surface area contributed by atoms with Crippen LogP contribution < -0.4 is 45.6 Å². The van der Waals surface area contributed by atoms with E-state index >= 15 is 0 Å². The van der Waals surface area contributed by atoms with E-state index in [-0.39, 0.29) is 46.8 Å². The van der Waals surface area contributed by atoms with Crippen molar-refractivity contribution < 1.29 is 93.8 Å². The van der Waals surface area contributed by atoms with E-state index in [9.17, 15) is 38.4 Å². The normalized spacial score (nSPS) is 29.6. The number of imidazole rings is 1. The van der Waals surface area contributed by atoms with Gasteiger partial charge in [0.05, 0.1) is 31.2 Å². The zero-order chi connectivity index (χ0) is 68.2. The molecule has 43 heteroatoms. The molecular weight excluding hydrogens is 1330 g/mol. The van der Waals surface area contributed by atoms with Crippen molar-refractivity contribution in [2.45, 2.75) is 138 Å². The predicted molar refractivity (Wildman–Crippen MR) is 332 cm³/mol. The minimum atomic E-state index is -4.24. The lowest BCUT2D eigenvalue weighted by atomic mass is 10.1. The molecule has 5 aromatic rings. The van der Waals surface area contributed by atoms with Crippen molar-refractivity contribution >= 4 is 79.4 Å². The quantitative estimate of drug-likeness (QED) is 0.0409. The Labute approximate surface area is 535 Å². The van der Waals surface area contributed by atoms with Crippen LogP contribution in [0.4, 0.5) is 23.4 Å². The highest BCUT2D eigenvalue weighted by Crippen LogP contribution is 2.51. The Bertz CT molecular complexity index is 3520. The Hall–Kier alpha value is -5.04. The van der Waals surface area contributed by atoms with E-state index < -0.39 is 130 Å². The number of phosphoric acid groups is 1. The molecule has 4 aliphatic heterocycles. The van der Waals surface area contributed by atoms with Crippen LogP contribution in [-0.4, -0.2) is 207 Å². The lowest BCUT2D eigenvalue weighted by Gasteiger charge is -2.26. The number of hydrogen-bond acceptors (Lipinski definition) is 32. The van der Waals surface area contributed by atoms with Crippen molar-refractivity contribution in [3.05, 3.63) is 84.9 Å². The first-order chi connectivity index (χ1) is 43.6. The average Bonchev–Trinajstić information content (AvgIpc) is 1.67. The number of phosphoric ester groups is 1. The minimum Gasteiger partial charge on any atom is -0.383 e. The standard InChI is InChI=1S/C13H20N5O6PS.C12H20N3O7P.C12H20N3O6PS.C12H19N3O5/c1-4-6-8(24-25(20,26)22-3)9(21-2)12(23-6)18-5-15-7-10(18)16-13(14)17-11(7)19;1-4-7-9(22-23(17,18)20-3)10(19-2)11(21-7)15-6-5-8(13)14-12(15)16;1-4-7-9(21-22(17,23)19-3)10(18-2)11(20-7)15-6-5-8(13)14-12(15)16;1-17-6-7-9(18-2)10(19-3)11(20-7)15-5-4-8(13)14-12(15)16/h5-6,8-9,12H,4H2,1-3H3,(H,20,26)(H3,14,16,17,19);5-7,9-11H,4H2,1-3H3,(H,17,18)(H2,13,14,16);5-7,9-11H,4H2,1-3H3,(H,17,23)(H2,13,14,16);4-5,7,9-11H,6H2,1-3H3,(H2,13,14,16)/t6-,8?,9+,12-,25?;7-,9?,10+,11-;7-,9?,10+,11-,22?;7-,9?,10+,11-/m1111/s1. The zero-order valence-electron chi connectivity index (χ0n) is 52.0. The summed E-state index contributed by atoms with van der Waals surface area (Å²) in [7, 11) is 8.37. The predicted octanol–water partition coefficient (Wildman–Crippen LogP) is 0.348. The Morgan fingerprint density at radius 3 is 1.18 bits per heavy atom. The van der Waals surface area contributed by atoms with Crippen molar-refractivity contribution in [3.8, 4) is 0 Å². The Balaban J connectivity index is 0.000000196. The van der Waals surface area contributed by atoms with Gasteiger partial charge in [-0.2, -0.15) is 19.9 Å². The fourth-order valence-corrected chi connectivity index (χ4v) is 12.8. The highest BCUT2D eigenvalue weighted by atomic mass is 32.5. The molecule has 0 aromatic carbocycles. The number of aromatic nitrogens is 10. The van der Waals surface area contributed by atoms with Crippen LogP contribution in [0.15, 0.2) is 62.3 Å². The molecular formula is C49H79N14O24P3S2. The lowest BCUT2D eigenvalue weighted by molar-refractivity contribution is -0.0672. The van der Waals surface area contributed by atoms with Crippen LogP contribution in [0.5, 0.6) is 0 Å². The van der Waals surface area contributed by atoms with E-state index in [1.807, 2.05) is 20.8 Å². The van der Waals surface area contributed by atoms with Crippen LogP contribution in [0, 0.1) is 0 Å². The maximum Gasteiger partial charge on any atom is 0.472 e. The molecule has 92 heavy (non-hydrogen) atoms. The number of nitrogens with one attached hydrogen (secondary N) is 1. The van der Waals surface area contributed by atoms with Gasteiger partial charge in [-0.25, -0.2) is 23.9 Å². The molecule has 0 aliphatic carbocycles. The summed E-state index contributed by atoms with van der Waals surface area (Å²) in [5.41, 5.74) is 20.3. The molecule has 5 aromatic heterocycles. The third-order valence-corrected chi connectivity index (χ3v) is 18.9. The summed E-state index contributed by atoms with van der Waals surface area (Å²) < 4.78 is 103. The van der Waals surface area contributed by atoms with Gasteiger partial charge in [0.1, 0.15) is 72.4 Å². The van der Waals surface area contributed by atoms with Gasteiger partial charge >= 0.3 is 38.3 Å². The summed E-state index contributed by atoms with van der Waals surface area (Å²) in [6.07, 6.45) is -2.44. The highest BCUT2D eigenvalue weighted by Gasteiger charge is 2.52. The van der Waals surface area contributed by atoms with Crippen molar-refractivity contribution in [1.29, 1.82) is 0 Å². The smallest absolute Gasteiger partial charge is 0.383 e. The Morgan fingerprint density at radius 2 is 0.859 bits per heavy atom. The first kappa shape index (κ1) is 76.0. The monoisotopic (exact) mass is 1400 g/mol. The number of nitrogens with zero attached hydrogens (tertiary/aromatic N) is 9. The molecule has 0 amide bonds. The van der Waals surface area contributed by atoms with Gasteiger partial charge in [0.2, 0.25) is 5.95 Å². The molecule has 4 aliphatic rings. The first-order valence-electron chi connectivity index (χ1n) is 27.8. The van der Waals surface area contributed by atoms with Gasteiger partial charge in [0.25, 0.3) is 5.56 Å². The SMILES string of the molecule is CC[C@H]1O[C@@H](n2ccc(N)nc2=O)[C@@H](OC)C1OP(=O)(O)OC.CC[C@H]1O[C@@H](n2ccc(N)nc2=O)[C@@H](OC)C1OP(O)(=S)OC.CC[C@H]1O[C@@H](n2cnc3c(=O)[nH]c(N)nc32)[C@@H](OC)C1OP(O)(=S)OC.COC[C@H]1O[C@@H](n2ccc(N)nc2=O)[C@@H](OC)C1OC. The average molecular weight is 1410 g/mol. The number of H-pyrrole nitrogens is 1. The van der Waals surface area contributed by atoms with Crippen LogP contribution in [-0.2, 0) is 103 Å². The molecule has 19 atom stereocenters. The second kappa shape index (κ2) is 33.6. The lowest BCUT2D eigenvalue weighted by Crippen LogP contribution is -2.38. The molecule has 12 N–H and O–H groups in total. The summed E-state index contributed by atoms with van der Waals surface area (Å²) >= 11 is 9.85. The molecule has 0 saturated carbocycles. The largest absolute Gasteiger partial charge is 0.472 e. The molecule has 4 saturated heterocycles. The van der Waals surface area contributed by atoms with E-state index in [1.54, 1.807) is 18.8 Å². The number of nitrogens with two attached hydrogens (primary N) is 4. The number of anilines is 4.